The number of carbonyl (C=O) groups is 9. The van der Waals surface area contributed by atoms with Gasteiger partial charge in [0.05, 0.1) is 12.1 Å². The van der Waals surface area contributed by atoms with Crippen LogP contribution in [0.15, 0.2) is 36.4 Å². The van der Waals surface area contributed by atoms with Crippen LogP contribution in [0.2, 0.25) is 0 Å². The van der Waals surface area contributed by atoms with Crippen LogP contribution in [0.3, 0.4) is 0 Å². The third-order valence-corrected chi connectivity index (χ3v) is 8.53. The Morgan fingerprint density at radius 3 is 1.13 bits per heavy atom. The minimum atomic E-state index is -1.74. The molecule has 4 rings (SSSR count). The third kappa shape index (κ3) is 8.08. The van der Waals surface area contributed by atoms with Gasteiger partial charge in [-0.25, -0.2) is 9.59 Å². The zero-order valence-corrected chi connectivity index (χ0v) is 30.9. The Morgan fingerprint density at radius 2 is 0.846 bits per heavy atom. The largest absolute Gasteiger partial charge is 0.444 e. The number of rotatable bonds is 10. The van der Waals surface area contributed by atoms with Crippen LogP contribution in [0, 0.1) is 23.7 Å². The molecule has 0 heterocycles. The van der Waals surface area contributed by atoms with Crippen molar-refractivity contribution in [1.29, 1.82) is 0 Å². The van der Waals surface area contributed by atoms with Gasteiger partial charge in [-0.2, -0.15) is 0 Å². The normalized spacial score (nSPS) is 18.2. The fourth-order valence-corrected chi connectivity index (χ4v) is 6.11. The highest BCUT2D eigenvalue weighted by Gasteiger charge is 2.48. The maximum absolute atomic E-state index is 13.7. The number of hydrogen-bond acceptors (Lipinski definition) is 11. The highest BCUT2D eigenvalue weighted by Crippen LogP contribution is 2.33. The maximum atomic E-state index is 13.7. The van der Waals surface area contributed by atoms with E-state index in [0.29, 0.717) is 0 Å². The van der Waals surface area contributed by atoms with Gasteiger partial charge >= 0.3 is 12.2 Å². The van der Waals surface area contributed by atoms with Crippen molar-refractivity contribution in [2.75, 3.05) is 0 Å². The Labute approximate surface area is 301 Å². The lowest BCUT2D eigenvalue weighted by atomic mass is 9.88. The minimum Gasteiger partial charge on any atom is -0.444 e. The van der Waals surface area contributed by atoms with Crippen molar-refractivity contribution >= 4 is 52.7 Å². The third-order valence-electron chi connectivity index (χ3n) is 8.53. The second-order valence-electron chi connectivity index (χ2n) is 15.7. The summed E-state index contributed by atoms with van der Waals surface area (Å²) >= 11 is 0. The molecule has 2 aliphatic rings. The zero-order chi connectivity index (χ0) is 39.2. The summed E-state index contributed by atoms with van der Waals surface area (Å²) in [7, 11) is 0. The average molecular weight is 717 g/mol. The fourth-order valence-electron chi connectivity index (χ4n) is 6.11. The Balaban J connectivity index is 1.57. The van der Waals surface area contributed by atoms with Gasteiger partial charge in [-0.3, -0.25) is 33.6 Å². The number of hydrogen-bond donors (Lipinski definition) is 2. The highest BCUT2D eigenvalue weighted by atomic mass is 16.6. The van der Waals surface area contributed by atoms with Crippen LogP contribution in [0.25, 0.3) is 0 Å². The van der Waals surface area contributed by atoms with Crippen molar-refractivity contribution < 1.29 is 52.6 Å². The molecule has 0 saturated carbocycles. The fraction of sp³-hybridized carbons (Fsp3) is 0.462. The smallest absolute Gasteiger partial charge is 0.408 e. The summed E-state index contributed by atoms with van der Waals surface area (Å²) in [5.74, 6) is -9.93. The molecule has 0 fully saturated rings. The molecule has 4 atom stereocenters. The van der Waals surface area contributed by atoms with Gasteiger partial charge in [0.15, 0.2) is 40.5 Å². The summed E-state index contributed by atoms with van der Waals surface area (Å²) in [6.45, 7) is 16.4. The molecule has 2 N–H and O–H groups in total. The first kappa shape index (κ1) is 39.5. The van der Waals surface area contributed by atoms with Crippen molar-refractivity contribution in [1.82, 2.24) is 10.6 Å². The Bertz CT molecular complexity index is 1770. The number of fused-ring (bicyclic) bond motifs is 2. The number of amides is 2. The predicted molar refractivity (Wildman–Crippen MR) is 187 cm³/mol. The standard InChI is InChI=1S/C39H44N2O11/c1-17(2)27(40-36(49)51-38(5,6)7)34(47)25-30(43)21-13-11-19(15-23(21)32(25)45)29(42)20-12-14-22-24(16-20)33(46)26(31(22)44)35(48)28(18(3)4)41-37(50)52-39(8,9)10/h11-18,25-28H,1-10H3,(H,40,49)(H,41,50)/t25?,26?,27-,28-/m0/s1. The van der Waals surface area contributed by atoms with Crippen LogP contribution in [-0.2, 0) is 19.1 Å². The van der Waals surface area contributed by atoms with Crippen LogP contribution < -0.4 is 10.6 Å². The number of Topliss-reactive ketones (excluding diaryl/α,β-unsaturated/α-hetero) is 6. The molecule has 2 aromatic rings. The first-order valence-corrected chi connectivity index (χ1v) is 17.0. The molecule has 0 aliphatic heterocycles. The molecule has 13 heteroatoms. The van der Waals surface area contributed by atoms with Gasteiger partial charge in [-0.15, -0.1) is 0 Å². The lowest BCUT2D eigenvalue weighted by Crippen LogP contribution is -2.50. The van der Waals surface area contributed by atoms with Gasteiger partial charge in [0.1, 0.15) is 23.0 Å². The van der Waals surface area contributed by atoms with Gasteiger partial charge in [0.2, 0.25) is 0 Å². The summed E-state index contributed by atoms with van der Waals surface area (Å²) in [6, 6.07) is 5.10. The summed E-state index contributed by atoms with van der Waals surface area (Å²) in [6.07, 6.45) is -1.77. The van der Waals surface area contributed by atoms with Gasteiger partial charge in [0.25, 0.3) is 0 Å². The SMILES string of the molecule is CC(C)[C@H](NC(=O)OC(C)(C)C)C(=O)C1C(=O)c2ccc(C(=O)c3ccc4c(c3)C(=O)C(C(=O)[C@@H](NC(=O)OC(C)(C)C)C(C)C)C4=O)cc2C1=O. The molecule has 0 radical (unpaired) electrons. The molecule has 0 bridgehead atoms. The van der Waals surface area contributed by atoms with Crippen LogP contribution in [0.1, 0.15) is 127 Å². The minimum absolute atomic E-state index is 0.0360. The Kier molecular flexibility index (Phi) is 10.9. The Morgan fingerprint density at radius 1 is 0.538 bits per heavy atom. The number of ether oxygens (including phenoxy) is 2. The average Bonchev–Trinajstić information content (AvgIpc) is 3.42. The lowest BCUT2D eigenvalue weighted by Gasteiger charge is -2.26. The van der Waals surface area contributed by atoms with Gasteiger partial charge < -0.3 is 20.1 Å². The van der Waals surface area contributed by atoms with E-state index in [1.807, 2.05) is 0 Å². The van der Waals surface area contributed by atoms with Gasteiger partial charge in [0, 0.05) is 33.4 Å². The first-order valence-electron chi connectivity index (χ1n) is 17.0. The van der Waals surface area contributed by atoms with E-state index >= 15 is 0 Å². The predicted octanol–water partition coefficient (Wildman–Crippen LogP) is 5.14. The first-order chi connectivity index (χ1) is 23.9. The molecule has 276 valence electrons. The summed E-state index contributed by atoms with van der Waals surface area (Å²) in [5, 5.41) is 4.94. The van der Waals surface area contributed by atoms with Crippen LogP contribution >= 0.6 is 0 Å². The molecule has 0 aromatic heterocycles. The molecule has 2 amide bonds. The van der Waals surface area contributed by atoms with Crippen LogP contribution in [0.4, 0.5) is 9.59 Å². The van der Waals surface area contributed by atoms with Crippen molar-refractivity contribution in [2.24, 2.45) is 23.7 Å². The molecule has 52 heavy (non-hydrogen) atoms. The van der Waals surface area contributed by atoms with E-state index < -0.39 is 99.6 Å². The molecule has 0 spiro atoms. The molecule has 2 aromatic carbocycles. The van der Waals surface area contributed by atoms with E-state index in [9.17, 15) is 43.2 Å². The molecule has 2 unspecified atom stereocenters. The van der Waals surface area contributed by atoms with E-state index in [-0.39, 0.29) is 33.4 Å². The summed E-state index contributed by atoms with van der Waals surface area (Å²) in [4.78, 5) is 119. The number of nitrogens with one attached hydrogen (secondary N) is 2. The summed E-state index contributed by atoms with van der Waals surface area (Å²) < 4.78 is 10.5. The van der Waals surface area contributed by atoms with E-state index in [1.54, 1.807) is 69.2 Å². The van der Waals surface area contributed by atoms with E-state index in [4.69, 9.17) is 9.47 Å². The highest BCUT2D eigenvalue weighted by molar-refractivity contribution is 6.38. The van der Waals surface area contributed by atoms with Crippen LogP contribution in [0.5, 0.6) is 0 Å². The number of ketones is 7. The Hall–Kier alpha value is -5.33. The maximum Gasteiger partial charge on any atom is 0.408 e. The van der Waals surface area contributed by atoms with Crippen molar-refractivity contribution in [3.8, 4) is 0 Å². The zero-order valence-electron chi connectivity index (χ0n) is 30.9. The van der Waals surface area contributed by atoms with Gasteiger partial charge in [-0.05, 0) is 77.6 Å². The monoisotopic (exact) mass is 716 g/mol. The quantitative estimate of drug-likeness (QED) is 0.244. The lowest BCUT2D eigenvalue weighted by molar-refractivity contribution is -0.124. The van der Waals surface area contributed by atoms with E-state index in [0.717, 1.165) is 0 Å². The van der Waals surface area contributed by atoms with Gasteiger partial charge in [-0.1, -0.05) is 39.8 Å². The molecular weight excluding hydrogens is 672 g/mol. The number of carbonyl (C=O) groups excluding carboxylic acids is 9. The summed E-state index contributed by atoms with van der Waals surface area (Å²) in [5.41, 5.74) is -2.20. The van der Waals surface area contributed by atoms with Crippen molar-refractivity contribution in [3.63, 3.8) is 0 Å². The second kappa shape index (κ2) is 14.4. The number of alkyl carbamates (subject to hydrolysis) is 2. The van der Waals surface area contributed by atoms with Crippen molar-refractivity contribution in [3.05, 3.63) is 69.8 Å². The van der Waals surface area contributed by atoms with Crippen molar-refractivity contribution in [2.45, 2.75) is 92.5 Å². The molecule has 0 saturated heterocycles. The molecule has 13 nitrogen and oxygen atoms in total. The molecule has 2 aliphatic carbocycles. The van der Waals surface area contributed by atoms with E-state index in [2.05, 4.69) is 10.6 Å². The second-order valence-corrected chi connectivity index (χ2v) is 15.7. The van der Waals surface area contributed by atoms with Crippen LogP contribution in [-0.4, -0.2) is 76.0 Å². The van der Waals surface area contributed by atoms with E-state index in [1.165, 1.54) is 36.4 Å². The number of benzene rings is 2. The topological polar surface area (TPSA) is 196 Å². The molecular formula is C39H44N2O11.